The quantitative estimate of drug-likeness (QED) is 0.330. The lowest BCUT2D eigenvalue weighted by molar-refractivity contribution is 0.364. The maximum Gasteiger partial charge on any atom is 0.310 e. The summed E-state index contributed by atoms with van der Waals surface area (Å²) in [6.45, 7) is 8.32. The lowest BCUT2D eigenvalue weighted by Gasteiger charge is -2.40. The molecule has 0 radical (unpaired) electrons. The Morgan fingerprint density at radius 2 is 1.82 bits per heavy atom. The van der Waals surface area contributed by atoms with Crippen LogP contribution in [0.4, 0.5) is 19.4 Å². The van der Waals surface area contributed by atoms with Crippen molar-refractivity contribution in [3.8, 4) is 0 Å². The first-order valence-corrected chi connectivity index (χ1v) is 11.4. The minimum atomic E-state index is -9.62. The van der Waals surface area contributed by atoms with Crippen molar-refractivity contribution in [1.82, 2.24) is 5.32 Å². The normalized spacial score (nSPS) is 22.0. The first-order chi connectivity index (χ1) is 12.9. The number of halogens is 5. The molecule has 1 N–H and O–H groups in total. The van der Waals surface area contributed by atoms with Gasteiger partial charge in [0.15, 0.2) is 0 Å². The van der Waals surface area contributed by atoms with Crippen molar-refractivity contribution >= 4 is 10.2 Å². The van der Waals surface area contributed by atoms with E-state index < -0.39 is 15.1 Å². The fourth-order valence-electron chi connectivity index (χ4n) is 3.58. The van der Waals surface area contributed by atoms with Gasteiger partial charge in [-0.3, -0.25) is 0 Å². The molecule has 1 aliphatic carbocycles. The summed E-state index contributed by atoms with van der Waals surface area (Å²) in [6.07, 6.45) is 9.65. The first-order valence-electron chi connectivity index (χ1n) is 9.44. The van der Waals surface area contributed by atoms with Crippen LogP contribution in [-0.2, 0) is 6.54 Å². The topological polar surface area (TPSA) is 12.0 Å². The molecule has 0 saturated carbocycles. The average molecular weight is 422 g/mol. The second-order valence-electron chi connectivity index (χ2n) is 7.32. The Bertz CT molecular complexity index is 763. The van der Waals surface area contributed by atoms with Crippen molar-refractivity contribution in [3.63, 3.8) is 0 Å². The van der Waals surface area contributed by atoms with Crippen molar-refractivity contribution in [2.24, 2.45) is 5.92 Å². The van der Waals surface area contributed by atoms with Crippen LogP contribution in [0, 0.1) is 5.92 Å². The van der Waals surface area contributed by atoms with Gasteiger partial charge in [0.05, 0.1) is 0 Å². The molecule has 0 heterocycles. The van der Waals surface area contributed by atoms with Crippen LogP contribution in [0.15, 0.2) is 65.1 Å². The minimum Gasteiger partial charge on any atom is -0.306 e. The van der Waals surface area contributed by atoms with Gasteiger partial charge in [-0.15, -0.1) is 0 Å². The average Bonchev–Trinajstić information content (AvgIpc) is 2.62. The SMILES string of the molecule is C=C/C=C\C1=C(C(C)CC)C(NCc2ccc(S(F)(F)(F)(F)F)cc2)CCC1. The van der Waals surface area contributed by atoms with E-state index in [0.717, 1.165) is 37.8 Å². The molecule has 158 valence electrons. The molecule has 0 aliphatic heterocycles. The van der Waals surface area contributed by atoms with Gasteiger partial charge in [-0.1, -0.05) is 70.2 Å². The Kier molecular flexibility index (Phi) is 6.22. The Morgan fingerprint density at radius 3 is 2.36 bits per heavy atom. The Morgan fingerprint density at radius 1 is 1.18 bits per heavy atom. The Hall–Kier alpha value is -1.60. The predicted octanol–water partition coefficient (Wildman–Crippen LogP) is 8.07. The molecule has 2 atom stereocenters. The van der Waals surface area contributed by atoms with Gasteiger partial charge in [0.2, 0.25) is 0 Å². The van der Waals surface area contributed by atoms with Crippen LogP contribution >= 0.6 is 10.2 Å². The largest absolute Gasteiger partial charge is 0.310 e. The fourth-order valence-corrected chi connectivity index (χ4v) is 4.23. The lowest BCUT2D eigenvalue weighted by Crippen LogP contribution is -2.35. The summed E-state index contributed by atoms with van der Waals surface area (Å²) in [5, 5.41) is 3.41. The molecule has 1 aliphatic rings. The highest BCUT2D eigenvalue weighted by Gasteiger charge is 2.65. The maximum atomic E-state index is 12.8. The summed E-state index contributed by atoms with van der Waals surface area (Å²) in [4.78, 5) is -1.85. The van der Waals surface area contributed by atoms with Gasteiger partial charge in [-0.05, 0) is 60.4 Å². The summed E-state index contributed by atoms with van der Waals surface area (Å²) < 4.78 is 64.2. The molecule has 2 rings (SSSR count). The van der Waals surface area contributed by atoms with Crippen LogP contribution in [0.3, 0.4) is 0 Å². The summed E-state index contributed by atoms with van der Waals surface area (Å²) >= 11 is 0. The molecule has 1 nitrogen and oxygen atoms in total. The van der Waals surface area contributed by atoms with E-state index in [1.807, 2.05) is 6.08 Å². The molecule has 1 aromatic carbocycles. The molecular formula is C21H28F5NS. The third-order valence-electron chi connectivity index (χ3n) is 5.18. The Balaban J connectivity index is 2.18. The highest BCUT2D eigenvalue weighted by Crippen LogP contribution is 3.02. The van der Waals surface area contributed by atoms with Crippen LogP contribution in [-0.4, -0.2) is 6.04 Å². The van der Waals surface area contributed by atoms with Gasteiger partial charge in [0.1, 0.15) is 4.90 Å². The van der Waals surface area contributed by atoms with Crippen LogP contribution in [0.1, 0.15) is 45.1 Å². The zero-order valence-electron chi connectivity index (χ0n) is 16.2. The first kappa shape index (κ1) is 22.7. The molecule has 0 aromatic heterocycles. The Labute approximate surface area is 164 Å². The molecule has 2 unspecified atom stereocenters. The van der Waals surface area contributed by atoms with Crippen molar-refractivity contribution in [3.05, 3.63) is 65.8 Å². The van der Waals surface area contributed by atoms with Gasteiger partial charge >= 0.3 is 10.2 Å². The van der Waals surface area contributed by atoms with E-state index >= 15 is 0 Å². The maximum absolute atomic E-state index is 12.8. The highest BCUT2D eigenvalue weighted by molar-refractivity contribution is 8.45. The van der Waals surface area contributed by atoms with Crippen molar-refractivity contribution in [2.45, 2.75) is 57.0 Å². The van der Waals surface area contributed by atoms with Crippen LogP contribution in [0.2, 0.25) is 0 Å². The predicted molar refractivity (Wildman–Crippen MR) is 108 cm³/mol. The van der Waals surface area contributed by atoms with E-state index in [2.05, 4.69) is 31.8 Å². The van der Waals surface area contributed by atoms with Crippen molar-refractivity contribution in [2.75, 3.05) is 0 Å². The van der Waals surface area contributed by atoms with Gasteiger partial charge < -0.3 is 5.32 Å². The van der Waals surface area contributed by atoms with Gasteiger partial charge in [0, 0.05) is 12.6 Å². The third kappa shape index (κ3) is 5.95. The molecule has 0 amide bonds. The van der Waals surface area contributed by atoms with E-state index in [1.54, 1.807) is 6.08 Å². The zero-order valence-corrected chi connectivity index (χ0v) is 17.1. The van der Waals surface area contributed by atoms with E-state index in [-0.39, 0.29) is 6.04 Å². The monoisotopic (exact) mass is 421 g/mol. The number of hydrogen-bond acceptors (Lipinski definition) is 1. The summed E-state index contributed by atoms with van der Waals surface area (Å²) in [5.41, 5.74) is 3.13. The van der Waals surface area contributed by atoms with E-state index in [0.29, 0.717) is 30.2 Å². The van der Waals surface area contributed by atoms with Gasteiger partial charge in [-0.2, -0.15) is 0 Å². The van der Waals surface area contributed by atoms with Gasteiger partial charge in [0.25, 0.3) is 0 Å². The molecule has 0 saturated heterocycles. The standard InChI is InChI=1S/C21H28F5NS/c1-4-6-8-18-9-7-10-20(21(18)16(3)5-2)27-15-17-11-13-19(14-12-17)28(22,23,24,25)26/h4,6,8,11-14,16,20,27H,1,5,7,9-10,15H2,2-3H3/b8-6-. The summed E-state index contributed by atoms with van der Waals surface area (Å²) in [6, 6.07) is 3.30. The molecular weight excluding hydrogens is 393 g/mol. The number of nitrogens with one attached hydrogen (secondary N) is 1. The molecule has 0 fully saturated rings. The molecule has 1 aromatic rings. The van der Waals surface area contributed by atoms with Crippen LogP contribution in [0.5, 0.6) is 0 Å². The van der Waals surface area contributed by atoms with Crippen LogP contribution in [0.25, 0.3) is 0 Å². The van der Waals surface area contributed by atoms with E-state index in [1.165, 1.54) is 11.1 Å². The van der Waals surface area contributed by atoms with Crippen molar-refractivity contribution in [1.29, 1.82) is 0 Å². The van der Waals surface area contributed by atoms with E-state index in [9.17, 15) is 19.4 Å². The molecule has 0 bridgehead atoms. The van der Waals surface area contributed by atoms with Gasteiger partial charge in [-0.25, -0.2) is 0 Å². The zero-order chi connectivity index (χ0) is 21.1. The second kappa shape index (κ2) is 7.67. The number of benzene rings is 1. The lowest BCUT2D eigenvalue weighted by atomic mass is 9.80. The smallest absolute Gasteiger partial charge is 0.306 e. The highest BCUT2D eigenvalue weighted by atomic mass is 32.5. The fraction of sp³-hybridized carbons (Fsp3) is 0.429. The van der Waals surface area contributed by atoms with Crippen LogP contribution < -0.4 is 5.32 Å². The number of hydrogen-bond donors (Lipinski definition) is 1. The molecule has 0 spiro atoms. The molecule has 28 heavy (non-hydrogen) atoms. The molecule has 7 heteroatoms. The third-order valence-corrected chi connectivity index (χ3v) is 6.35. The number of allylic oxidation sites excluding steroid dienone is 4. The number of rotatable bonds is 8. The van der Waals surface area contributed by atoms with E-state index in [4.69, 9.17) is 0 Å². The summed E-state index contributed by atoms with van der Waals surface area (Å²) in [7, 11) is -9.62. The minimum absolute atomic E-state index is 0.114. The summed E-state index contributed by atoms with van der Waals surface area (Å²) in [5.74, 6) is 0.373. The van der Waals surface area contributed by atoms with Crippen molar-refractivity contribution < 1.29 is 19.4 Å². The second-order valence-corrected chi connectivity index (χ2v) is 9.73.